The third-order valence-corrected chi connectivity index (χ3v) is 5.19. The van der Waals surface area contributed by atoms with E-state index in [0.717, 1.165) is 4.70 Å². The lowest BCUT2D eigenvalue weighted by Gasteiger charge is -2.07. The zero-order valence-electron chi connectivity index (χ0n) is 12.8. The van der Waals surface area contributed by atoms with Gasteiger partial charge in [-0.05, 0) is 48.6 Å². The van der Waals surface area contributed by atoms with E-state index in [-0.39, 0.29) is 11.0 Å². The number of methoxy groups -OCH3 is 1. The van der Waals surface area contributed by atoms with Crippen molar-refractivity contribution in [3.8, 4) is 5.75 Å². The van der Waals surface area contributed by atoms with Crippen molar-refractivity contribution in [1.82, 2.24) is 10.3 Å². The summed E-state index contributed by atoms with van der Waals surface area (Å²) in [7, 11) is 1.56. The Balaban J connectivity index is 1.69. The number of nitrogens with zero attached hydrogens (tertiary/aromatic N) is 1. The summed E-state index contributed by atoms with van der Waals surface area (Å²) < 4.78 is 5.92. The van der Waals surface area contributed by atoms with Crippen LogP contribution in [0.4, 0.5) is 5.13 Å². The van der Waals surface area contributed by atoms with E-state index in [0.29, 0.717) is 32.0 Å². The largest absolute Gasteiger partial charge is 0.497 e. The Bertz CT molecular complexity index is 958. The van der Waals surface area contributed by atoms with Crippen LogP contribution in [0.25, 0.3) is 10.2 Å². The highest BCUT2D eigenvalue weighted by molar-refractivity contribution is 7.80. The zero-order chi connectivity index (χ0) is 18.0. The van der Waals surface area contributed by atoms with E-state index in [9.17, 15) is 4.79 Å². The summed E-state index contributed by atoms with van der Waals surface area (Å²) in [5.74, 6) is 0.338. The molecule has 2 aromatic carbocycles. The van der Waals surface area contributed by atoms with Crippen molar-refractivity contribution >= 4 is 73.1 Å². The Hall–Kier alpha value is -1.93. The minimum absolute atomic E-state index is 0.141. The van der Waals surface area contributed by atoms with Crippen LogP contribution < -0.4 is 15.4 Å². The number of carbonyl (C=O) groups is 1. The minimum atomic E-state index is -0.331. The first kappa shape index (κ1) is 17.9. The first-order valence-electron chi connectivity index (χ1n) is 6.99. The highest BCUT2D eigenvalue weighted by Gasteiger charge is 2.13. The van der Waals surface area contributed by atoms with Gasteiger partial charge in [-0.25, -0.2) is 4.98 Å². The number of fused-ring (bicyclic) bond motifs is 1. The number of anilines is 1. The molecular formula is C16H11Cl2N3O2S2. The van der Waals surface area contributed by atoms with Crippen LogP contribution in [-0.2, 0) is 0 Å². The summed E-state index contributed by atoms with van der Waals surface area (Å²) in [4.78, 5) is 16.5. The number of benzene rings is 2. The maximum atomic E-state index is 12.2. The second-order valence-electron chi connectivity index (χ2n) is 4.86. The van der Waals surface area contributed by atoms with E-state index < -0.39 is 0 Å². The van der Waals surface area contributed by atoms with Gasteiger partial charge in [-0.3, -0.25) is 10.1 Å². The Labute approximate surface area is 162 Å². The molecule has 128 valence electrons. The van der Waals surface area contributed by atoms with Gasteiger partial charge in [0.1, 0.15) is 11.3 Å². The van der Waals surface area contributed by atoms with Gasteiger partial charge in [0.05, 0.1) is 21.9 Å². The van der Waals surface area contributed by atoms with E-state index in [4.69, 9.17) is 40.2 Å². The Kier molecular flexibility index (Phi) is 5.39. The Morgan fingerprint density at radius 2 is 1.92 bits per heavy atom. The summed E-state index contributed by atoms with van der Waals surface area (Å²) in [6.07, 6.45) is 0. The average molecular weight is 412 g/mol. The molecule has 2 N–H and O–H groups in total. The molecule has 3 rings (SSSR count). The monoisotopic (exact) mass is 411 g/mol. The number of rotatable bonds is 3. The smallest absolute Gasteiger partial charge is 0.257 e. The molecular weight excluding hydrogens is 401 g/mol. The number of hydrogen-bond donors (Lipinski definition) is 2. The molecule has 3 aromatic rings. The Morgan fingerprint density at radius 3 is 2.60 bits per heavy atom. The molecule has 0 saturated heterocycles. The number of thiocarbonyl (C=S) groups is 1. The standard InChI is InChI=1S/C16H11Cl2N3O2S2/c1-23-9-4-2-8(3-5-9)14(22)20-15(24)21-16-19-13-11(25-16)7-6-10(17)12(13)18/h2-7H,1H3,(H2,19,20,21,22,24). The lowest BCUT2D eigenvalue weighted by molar-refractivity contribution is 0.0977. The molecule has 0 fully saturated rings. The molecule has 1 heterocycles. The molecule has 0 saturated carbocycles. The summed E-state index contributed by atoms with van der Waals surface area (Å²) in [6, 6.07) is 10.2. The highest BCUT2D eigenvalue weighted by Crippen LogP contribution is 2.35. The van der Waals surface area contributed by atoms with Gasteiger partial charge in [-0.15, -0.1) is 0 Å². The number of nitrogens with one attached hydrogen (secondary N) is 2. The Morgan fingerprint density at radius 1 is 1.20 bits per heavy atom. The molecule has 0 bridgehead atoms. The van der Waals surface area contributed by atoms with Gasteiger partial charge in [0, 0.05) is 5.56 Å². The van der Waals surface area contributed by atoms with Crippen LogP contribution in [0.1, 0.15) is 10.4 Å². The lowest BCUT2D eigenvalue weighted by Crippen LogP contribution is -2.34. The molecule has 0 radical (unpaired) electrons. The van der Waals surface area contributed by atoms with Crippen LogP contribution in [0, 0.1) is 0 Å². The van der Waals surface area contributed by atoms with E-state index >= 15 is 0 Å². The van der Waals surface area contributed by atoms with Crippen molar-refractivity contribution in [3.05, 3.63) is 52.0 Å². The fourth-order valence-electron chi connectivity index (χ4n) is 2.04. The van der Waals surface area contributed by atoms with Gasteiger partial charge in [0.25, 0.3) is 5.91 Å². The van der Waals surface area contributed by atoms with Crippen molar-refractivity contribution in [1.29, 1.82) is 0 Å². The lowest BCUT2D eigenvalue weighted by atomic mass is 10.2. The molecule has 0 aliphatic carbocycles. The summed E-state index contributed by atoms with van der Waals surface area (Å²) in [6.45, 7) is 0. The molecule has 0 unspecified atom stereocenters. The number of amides is 1. The van der Waals surface area contributed by atoms with Gasteiger partial charge in [0.15, 0.2) is 10.2 Å². The van der Waals surface area contributed by atoms with Gasteiger partial charge in [0.2, 0.25) is 0 Å². The van der Waals surface area contributed by atoms with Crippen LogP contribution in [0.3, 0.4) is 0 Å². The van der Waals surface area contributed by atoms with Crippen LogP contribution in [-0.4, -0.2) is 23.1 Å². The number of thiazole rings is 1. The second-order valence-corrected chi connectivity index (χ2v) is 7.09. The van der Waals surface area contributed by atoms with Crippen LogP contribution in [0.15, 0.2) is 36.4 Å². The maximum Gasteiger partial charge on any atom is 0.257 e. The average Bonchev–Trinajstić information content (AvgIpc) is 3.01. The molecule has 9 heteroatoms. The van der Waals surface area contributed by atoms with Gasteiger partial charge in [-0.1, -0.05) is 34.5 Å². The topological polar surface area (TPSA) is 63.2 Å². The fraction of sp³-hybridized carbons (Fsp3) is 0.0625. The quantitative estimate of drug-likeness (QED) is 0.609. The molecule has 0 spiro atoms. The molecule has 25 heavy (non-hydrogen) atoms. The molecule has 0 aliphatic heterocycles. The van der Waals surface area contributed by atoms with E-state index in [1.54, 1.807) is 37.4 Å². The molecule has 0 atom stereocenters. The summed E-state index contributed by atoms with van der Waals surface area (Å²) in [5, 5.41) is 6.95. The van der Waals surface area contributed by atoms with E-state index in [1.807, 2.05) is 6.07 Å². The third kappa shape index (κ3) is 4.01. The van der Waals surface area contributed by atoms with Crippen molar-refractivity contribution in [3.63, 3.8) is 0 Å². The third-order valence-electron chi connectivity index (χ3n) is 3.25. The van der Waals surface area contributed by atoms with Crippen LogP contribution >= 0.6 is 46.8 Å². The minimum Gasteiger partial charge on any atom is -0.497 e. The predicted molar refractivity (Wildman–Crippen MR) is 106 cm³/mol. The summed E-state index contributed by atoms with van der Waals surface area (Å²) >= 11 is 18.6. The number of ether oxygens (including phenoxy) is 1. The molecule has 1 aromatic heterocycles. The normalized spacial score (nSPS) is 10.5. The molecule has 1 amide bonds. The van der Waals surface area contributed by atoms with Crippen LogP contribution in [0.2, 0.25) is 10.0 Å². The number of aromatic nitrogens is 1. The predicted octanol–water partition coefficient (Wildman–Crippen LogP) is 4.74. The first-order valence-corrected chi connectivity index (χ1v) is 8.97. The van der Waals surface area contributed by atoms with Gasteiger partial charge >= 0.3 is 0 Å². The van der Waals surface area contributed by atoms with E-state index in [2.05, 4.69) is 15.6 Å². The maximum absolute atomic E-state index is 12.2. The number of halogens is 2. The van der Waals surface area contributed by atoms with Gasteiger partial charge < -0.3 is 10.1 Å². The number of hydrogen-bond acceptors (Lipinski definition) is 5. The van der Waals surface area contributed by atoms with Crippen molar-refractivity contribution in [2.45, 2.75) is 0 Å². The highest BCUT2D eigenvalue weighted by atomic mass is 35.5. The van der Waals surface area contributed by atoms with Crippen LogP contribution in [0.5, 0.6) is 5.75 Å². The zero-order valence-corrected chi connectivity index (χ0v) is 15.9. The van der Waals surface area contributed by atoms with Crippen molar-refractivity contribution in [2.24, 2.45) is 0 Å². The molecule has 0 aliphatic rings. The van der Waals surface area contributed by atoms with Gasteiger partial charge in [-0.2, -0.15) is 0 Å². The molecule has 5 nitrogen and oxygen atoms in total. The van der Waals surface area contributed by atoms with Crippen molar-refractivity contribution < 1.29 is 9.53 Å². The fourth-order valence-corrected chi connectivity index (χ4v) is 3.59. The van der Waals surface area contributed by atoms with Crippen molar-refractivity contribution in [2.75, 3.05) is 12.4 Å². The second kappa shape index (κ2) is 7.53. The first-order chi connectivity index (χ1) is 12.0. The van der Waals surface area contributed by atoms with E-state index in [1.165, 1.54) is 11.3 Å². The number of carbonyl (C=O) groups excluding carboxylic acids is 1. The SMILES string of the molecule is COc1ccc(C(=O)NC(=S)Nc2nc3c(Cl)c(Cl)ccc3s2)cc1. The summed E-state index contributed by atoms with van der Waals surface area (Å²) in [5.41, 5.74) is 1.05.